The van der Waals surface area contributed by atoms with Crippen LogP contribution in [0.4, 0.5) is 0 Å². The molecule has 0 aromatic heterocycles. The molecule has 13 heavy (non-hydrogen) atoms. The number of ether oxygens (including phenoxy) is 1. The van der Waals surface area contributed by atoms with E-state index in [1.165, 1.54) is 13.2 Å². The van der Waals surface area contributed by atoms with Crippen molar-refractivity contribution >= 4 is 5.97 Å². The summed E-state index contributed by atoms with van der Waals surface area (Å²) >= 11 is 0. The molecule has 1 aliphatic carbocycles. The molecule has 0 radical (unpaired) electrons. The van der Waals surface area contributed by atoms with Crippen LogP contribution in [0, 0.1) is 0 Å². The van der Waals surface area contributed by atoms with Crippen molar-refractivity contribution in [1.29, 1.82) is 0 Å². The molecule has 0 bridgehead atoms. The Labute approximate surface area is 75.3 Å². The number of carbonyl (C=O) groups is 1. The van der Waals surface area contributed by atoms with Gasteiger partial charge in [-0.1, -0.05) is 0 Å². The Morgan fingerprint density at radius 2 is 2.15 bits per heavy atom. The molecule has 0 aromatic carbocycles. The third-order valence-electron chi connectivity index (χ3n) is 1.99. The van der Waals surface area contributed by atoms with Crippen molar-refractivity contribution in [1.82, 2.24) is 0 Å². The molecule has 5 nitrogen and oxygen atoms in total. The largest absolute Gasteiger partial charge is 0.466 e. The van der Waals surface area contributed by atoms with Crippen LogP contribution in [0.2, 0.25) is 0 Å². The first-order valence-corrected chi connectivity index (χ1v) is 3.89. The van der Waals surface area contributed by atoms with Gasteiger partial charge in [0, 0.05) is 12.0 Å². The Balaban J connectivity index is 2.78. The molecule has 0 saturated heterocycles. The average Bonchev–Trinajstić information content (AvgIpc) is 2.12. The monoisotopic (exact) mass is 188 g/mol. The van der Waals surface area contributed by atoms with Gasteiger partial charge in [-0.25, -0.2) is 4.79 Å². The second kappa shape index (κ2) is 3.87. The predicted octanol–water partition coefficient (Wildman–Crippen LogP) is -1.43. The average molecular weight is 188 g/mol. The highest BCUT2D eigenvalue weighted by Crippen LogP contribution is 2.20. The number of esters is 1. The molecule has 0 spiro atoms. The summed E-state index contributed by atoms with van der Waals surface area (Å²) in [7, 11) is 1.22. The Hall–Kier alpha value is -0.910. The number of methoxy groups -OCH3 is 1. The molecular weight excluding hydrogens is 176 g/mol. The maximum absolute atomic E-state index is 11.0. The maximum atomic E-state index is 11.0. The summed E-state index contributed by atoms with van der Waals surface area (Å²) in [5.74, 6) is -0.593. The molecular formula is C8H12O5. The Bertz CT molecular complexity index is 235. The molecule has 0 heterocycles. The number of hydrogen-bond acceptors (Lipinski definition) is 5. The molecule has 3 N–H and O–H groups in total. The number of aliphatic hydroxyl groups excluding tert-OH is 3. The normalized spacial score (nSPS) is 33.8. The third kappa shape index (κ3) is 2.06. The van der Waals surface area contributed by atoms with Crippen LogP contribution in [-0.4, -0.2) is 46.7 Å². The van der Waals surface area contributed by atoms with E-state index in [4.69, 9.17) is 10.2 Å². The van der Waals surface area contributed by atoms with E-state index in [1.54, 1.807) is 0 Å². The van der Waals surface area contributed by atoms with E-state index in [0.717, 1.165) is 0 Å². The summed E-state index contributed by atoms with van der Waals surface area (Å²) in [6.45, 7) is 0. The van der Waals surface area contributed by atoms with Crippen molar-refractivity contribution < 1.29 is 24.9 Å². The summed E-state index contributed by atoms with van der Waals surface area (Å²) in [4.78, 5) is 11.0. The number of hydrogen-bond donors (Lipinski definition) is 3. The third-order valence-corrected chi connectivity index (χ3v) is 1.99. The van der Waals surface area contributed by atoms with Crippen molar-refractivity contribution in [2.75, 3.05) is 7.11 Å². The van der Waals surface area contributed by atoms with Gasteiger partial charge in [-0.2, -0.15) is 0 Å². The van der Waals surface area contributed by atoms with E-state index in [2.05, 4.69) is 4.74 Å². The van der Waals surface area contributed by atoms with E-state index in [1.807, 2.05) is 0 Å². The minimum Gasteiger partial charge on any atom is -0.466 e. The van der Waals surface area contributed by atoms with Crippen LogP contribution in [-0.2, 0) is 9.53 Å². The lowest BCUT2D eigenvalue weighted by Crippen LogP contribution is -2.40. The lowest BCUT2D eigenvalue weighted by molar-refractivity contribution is -0.137. The Morgan fingerprint density at radius 3 is 2.62 bits per heavy atom. The summed E-state index contributed by atoms with van der Waals surface area (Å²) < 4.78 is 4.41. The lowest BCUT2D eigenvalue weighted by Gasteiger charge is -2.26. The lowest BCUT2D eigenvalue weighted by atomic mass is 9.92. The van der Waals surface area contributed by atoms with Crippen LogP contribution in [0.5, 0.6) is 0 Å². The summed E-state index contributed by atoms with van der Waals surface area (Å²) in [6, 6.07) is 0. The van der Waals surface area contributed by atoms with Gasteiger partial charge in [0.25, 0.3) is 0 Å². The van der Waals surface area contributed by atoms with Gasteiger partial charge in [-0.3, -0.25) is 0 Å². The fraction of sp³-hybridized carbons (Fsp3) is 0.625. The van der Waals surface area contributed by atoms with Crippen molar-refractivity contribution in [3.63, 3.8) is 0 Å². The Morgan fingerprint density at radius 1 is 1.54 bits per heavy atom. The van der Waals surface area contributed by atoms with Crippen molar-refractivity contribution in [3.05, 3.63) is 11.6 Å². The van der Waals surface area contributed by atoms with Crippen LogP contribution >= 0.6 is 0 Å². The molecule has 74 valence electrons. The molecule has 0 fully saturated rings. The van der Waals surface area contributed by atoms with E-state index < -0.39 is 24.3 Å². The molecule has 0 aromatic rings. The van der Waals surface area contributed by atoms with E-state index in [9.17, 15) is 9.90 Å². The quantitative estimate of drug-likeness (QED) is 0.439. The number of rotatable bonds is 1. The van der Waals surface area contributed by atoms with Gasteiger partial charge in [0.2, 0.25) is 0 Å². The van der Waals surface area contributed by atoms with Crippen LogP contribution in [0.15, 0.2) is 11.6 Å². The molecule has 0 unspecified atom stereocenters. The smallest absolute Gasteiger partial charge is 0.333 e. The standard InChI is InChI=1S/C8H12O5/c1-13-8(12)4-2-5(9)7(11)6(10)3-4/h2,5-7,9-11H,3H2,1H3/t5-,6+,7-/m1/s1. The summed E-state index contributed by atoms with van der Waals surface area (Å²) in [5.41, 5.74) is 0.188. The van der Waals surface area contributed by atoms with Gasteiger partial charge in [0.05, 0.1) is 13.2 Å². The fourth-order valence-electron chi connectivity index (χ4n) is 1.23. The first-order valence-electron chi connectivity index (χ1n) is 3.89. The second-order valence-corrected chi connectivity index (χ2v) is 2.94. The van der Waals surface area contributed by atoms with Gasteiger partial charge in [-0.15, -0.1) is 0 Å². The molecule has 0 aliphatic heterocycles. The zero-order valence-corrected chi connectivity index (χ0v) is 7.17. The van der Waals surface area contributed by atoms with Gasteiger partial charge < -0.3 is 20.1 Å². The topological polar surface area (TPSA) is 87.0 Å². The van der Waals surface area contributed by atoms with E-state index >= 15 is 0 Å². The minimum absolute atomic E-state index is 0.00486. The molecule has 5 heteroatoms. The van der Waals surface area contributed by atoms with Crippen molar-refractivity contribution in [2.45, 2.75) is 24.7 Å². The molecule has 1 rings (SSSR count). The SMILES string of the molecule is COC(=O)C1=C[C@@H](O)[C@@H](O)[C@@H](O)C1. The molecule has 0 saturated carbocycles. The number of aliphatic hydroxyl groups is 3. The first-order chi connectivity index (χ1) is 6.06. The summed E-state index contributed by atoms with van der Waals surface area (Å²) in [5, 5.41) is 27.5. The predicted molar refractivity (Wildman–Crippen MR) is 42.7 cm³/mol. The Kier molecular flexibility index (Phi) is 3.02. The van der Waals surface area contributed by atoms with Crippen LogP contribution < -0.4 is 0 Å². The van der Waals surface area contributed by atoms with Gasteiger partial charge in [0.15, 0.2) is 0 Å². The number of carbonyl (C=O) groups excluding carboxylic acids is 1. The van der Waals surface area contributed by atoms with Crippen molar-refractivity contribution in [3.8, 4) is 0 Å². The first kappa shape index (κ1) is 10.2. The molecule has 0 amide bonds. The minimum atomic E-state index is -1.23. The fourth-order valence-corrected chi connectivity index (χ4v) is 1.23. The zero-order chi connectivity index (χ0) is 10.0. The molecule has 3 atom stereocenters. The highest BCUT2D eigenvalue weighted by atomic mass is 16.5. The highest BCUT2D eigenvalue weighted by Gasteiger charge is 2.31. The van der Waals surface area contributed by atoms with E-state index in [0.29, 0.717) is 0 Å². The highest BCUT2D eigenvalue weighted by molar-refractivity contribution is 5.88. The van der Waals surface area contributed by atoms with Gasteiger partial charge in [-0.05, 0) is 6.08 Å². The summed E-state index contributed by atoms with van der Waals surface area (Å²) in [6.07, 6.45) is -2.35. The van der Waals surface area contributed by atoms with Gasteiger partial charge >= 0.3 is 5.97 Å². The van der Waals surface area contributed by atoms with Crippen LogP contribution in [0.1, 0.15) is 6.42 Å². The van der Waals surface area contributed by atoms with Crippen LogP contribution in [0.25, 0.3) is 0 Å². The second-order valence-electron chi connectivity index (χ2n) is 2.94. The molecule has 1 aliphatic rings. The van der Waals surface area contributed by atoms with E-state index in [-0.39, 0.29) is 12.0 Å². The maximum Gasteiger partial charge on any atom is 0.333 e. The zero-order valence-electron chi connectivity index (χ0n) is 7.17. The van der Waals surface area contributed by atoms with Crippen molar-refractivity contribution in [2.24, 2.45) is 0 Å². The van der Waals surface area contributed by atoms with Crippen LogP contribution in [0.3, 0.4) is 0 Å². The van der Waals surface area contributed by atoms with Gasteiger partial charge in [0.1, 0.15) is 12.2 Å².